The molecule has 0 aliphatic carbocycles. The first-order valence-corrected chi connectivity index (χ1v) is 6.40. The van der Waals surface area contributed by atoms with Gasteiger partial charge in [0.2, 0.25) is 0 Å². The number of hydrogen-bond donors (Lipinski definition) is 1. The van der Waals surface area contributed by atoms with Crippen LogP contribution in [-0.2, 0) is 10.2 Å². The fourth-order valence-electron chi connectivity index (χ4n) is 1.23. The maximum Gasteiger partial charge on any atom is 0.413 e. The minimum absolute atomic E-state index is 0.255. The molecule has 0 bridgehead atoms. The average molecular weight is 286 g/mol. The van der Waals surface area contributed by atoms with E-state index >= 15 is 0 Å². The van der Waals surface area contributed by atoms with Gasteiger partial charge in [-0.3, -0.25) is 5.32 Å². The summed E-state index contributed by atoms with van der Waals surface area (Å²) in [5, 5.41) is 2.84. The fraction of sp³-hybridized carbons (Fsp3) is 0.615. The van der Waals surface area contributed by atoms with Gasteiger partial charge in [-0.2, -0.15) is 0 Å². The lowest BCUT2D eigenvalue weighted by molar-refractivity contribution is 0.0635. The van der Waals surface area contributed by atoms with Crippen molar-refractivity contribution in [2.45, 2.75) is 52.6 Å². The second-order valence-electron chi connectivity index (χ2n) is 6.28. The quantitative estimate of drug-likeness (QED) is 0.798. The highest BCUT2D eigenvalue weighted by atomic mass is 35.5. The van der Waals surface area contributed by atoms with Crippen molar-refractivity contribution in [1.29, 1.82) is 0 Å². The van der Waals surface area contributed by atoms with E-state index in [4.69, 9.17) is 16.3 Å². The predicted octanol–water partition coefficient (Wildman–Crippen LogP) is 3.77. The Balaban J connectivity index is 2.91. The molecule has 0 unspecified atom stereocenters. The molecule has 0 saturated carbocycles. The third-order valence-corrected chi connectivity index (χ3v) is 2.19. The number of amides is 1. The summed E-state index contributed by atoms with van der Waals surface area (Å²) in [5.41, 5.74) is -0.816. The van der Waals surface area contributed by atoms with Gasteiger partial charge >= 0.3 is 6.09 Å². The third kappa shape index (κ3) is 5.42. The van der Waals surface area contributed by atoms with Crippen LogP contribution in [0.15, 0.2) is 6.07 Å². The molecule has 19 heavy (non-hydrogen) atoms. The van der Waals surface area contributed by atoms with Crippen LogP contribution in [0.5, 0.6) is 0 Å². The first-order valence-electron chi connectivity index (χ1n) is 6.02. The number of rotatable bonds is 1. The molecule has 106 valence electrons. The van der Waals surface area contributed by atoms with Crippen molar-refractivity contribution in [1.82, 2.24) is 9.97 Å². The van der Waals surface area contributed by atoms with Crippen molar-refractivity contribution in [3.63, 3.8) is 0 Å². The summed E-state index contributed by atoms with van der Waals surface area (Å²) in [6, 6.07) is 1.49. The molecule has 1 aromatic rings. The van der Waals surface area contributed by atoms with E-state index in [0.29, 0.717) is 11.6 Å². The SMILES string of the molecule is CC(C)(C)OC(=O)Nc1cc(Cl)nc(C(C)(C)C)n1. The highest BCUT2D eigenvalue weighted by Crippen LogP contribution is 2.22. The van der Waals surface area contributed by atoms with Gasteiger partial charge < -0.3 is 4.74 Å². The second kappa shape index (κ2) is 5.33. The molecular formula is C13H20ClN3O2. The van der Waals surface area contributed by atoms with Gasteiger partial charge in [-0.25, -0.2) is 14.8 Å². The molecule has 5 nitrogen and oxygen atoms in total. The van der Waals surface area contributed by atoms with Crippen molar-refractivity contribution in [2.24, 2.45) is 0 Å². The van der Waals surface area contributed by atoms with E-state index in [-0.39, 0.29) is 10.6 Å². The van der Waals surface area contributed by atoms with E-state index < -0.39 is 11.7 Å². The van der Waals surface area contributed by atoms with E-state index in [1.54, 1.807) is 20.8 Å². The molecule has 0 atom stereocenters. The number of ether oxygens (including phenoxy) is 1. The second-order valence-corrected chi connectivity index (χ2v) is 6.66. The van der Waals surface area contributed by atoms with Crippen LogP contribution < -0.4 is 5.32 Å². The molecule has 0 aliphatic heterocycles. The number of halogens is 1. The van der Waals surface area contributed by atoms with Crippen molar-refractivity contribution in [3.05, 3.63) is 17.0 Å². The molecule has 0 aromatic carbocycles. The maximum absolute atomic E-state index is 11.7. The Morgan fingerprint density at radius 3 is 2.26 bits per heavy atom. The number of anilines is 1. The van der Waals surface area contributed by atoms with Crippen molar-refractivity contribution >= 4 is 23.5 Å². The van der Waals surface area contributed by atoms with Crippen LogP contribution >= 0.6 is 11.6 Å². The number of hydrogen-bond acceptors (Lipinski definition) is 4. The number of carbonyl (C=O) groups excluding carboxylic acids is 1. The Labute approximate surface area is 118 Å². The molecule has 1 rings (SSSR count). The molecule has 1 aromatic heterocycles. The first kappa shape index (κ1) is 15.7. The molecule has 1 heterocycles. The van der Waals surface area contributed by atoms with E-state index in [1.807, 2.05) is 20.8 Å². The number of aromatic nitrogens is 2. The summed E-state index contributed by atoms with van der Waals surface area (Å²) >= 11 is 5.93. The summed E-state index contributed by atoms with van der Waals surface area (Å²) in [4.78, 5) is 20.1. The summed E-state index contributed by atoms with van der Waals surface area (Å²) < 4.78 is 5.15. The van der Waals surface area contributed by atoms with Gasteiger partial charge in [0.1, 0.15) is 22.4 Å². The van der Waals surface area contributed by atoms with Gasteiger partial charge in [-0.15, -0.1) is 0 Å². The largest absolute Gasteiger partial charge is 0.444 e. The van der Waals surface area contributed by atoms with Gasteiger partial charge in [-0.05, 0) is 20.8 Å². The fourth-order valence-corrected chi connectivity index (χ4v) is 1.41. The topological polar surface area (TPSA) is 64.1 Å². The Hall–Kier alpha value is -1.36. The molecular weight excluding hydrogens is 266 g/mol. The summed E-state index contributed by atoms with van der Waals surface area (Å²) in [7, 11) is 0. The Kier molecular flexibility index (Phi) is 4.40. The van der Waals surface area contributed by atoms with Crippen LogP contribution in [0.4, 0.5) is 10.6 Å². The number of carbonyl (C=O) groups is 1. The zero-order valence-corrected chi connectivity index (χ0v) is 12.9. The molecule has 0 fully saturated rings. The molecule has 1 amide bonds. The van der Waals surface area contributed by atoms with Crippen LogP contribution in [-0.4, -0.2) is 21.7 Å². The minimum Gasteiger partial charge on any atom is -0.444 e. The zero-order chi connectivity index (χ0) is 14.8. The average Bonchev–Trinajstić information content (AvgIpc) is 2.11. The van der Waals surface area contributed by atoms with E-state index in [9.17, 15) is 4.79 Å². The van der Waals surface area contributed by atoms with Gasteiger partial charge in [0.05, 0.1) is 0 Å². The number of nitrogens with one attached hydrogen (secondary N) is 1. The Morgan fingerprint density at radius 2 is 1.79 bits per heavy atom. The Morgan fingerprint density at radius 1 is 1.21 bits per heavy atom. The normalized spacial score (nSPS) is 12.2. The first-order chi connectivity index (χ1) is 8.47. The van der Waals surface area contributed by atoms with Crippen LogP contribution in [0.3, 0.4) is 0 Å². The summed E-state index contributed by atoms with van der Waals surface area (Å²) in [6.07, 6.45) is -0.567. The smallest absolute Gasteiger partial charge is 0.413 e. The molecule has 6 heteroatoms. The van der Waals surface area contributed by atoms with Gasteiger partial charge in [-0.1, -0.05) is 32.4 Å². The summed E-state index contributed by atoms with van der Waals surface area (Å²) in [6.45, 7) is 11.3. The van der Waals surface area contributed by atoms with E-state index in [1.165, 1.54) is 6.07 Å². The highest BCUT2D eigenvalue weighted by molar-refractivity contribution is 6.29. The van der Waals surface area contributed by atoms with Crippen molar-refractivity contribution in [3.8, 4) is 0 Å². The van der Waals surface area contributed by atoms with Gasteiger partial charge in [0, 0.05) is 11.5 Å². The lowest BCUT2D eigenvalue weighted by Crippen LogP contribution is -2.28. The standard InChI is InChI=1S/C13H20ClN3O2/c1-12(2,3)10-15-8(14)7-9(16-10)17-11(18)19-13(4,5)6/h7H,1-6H3,(H,15,16,17,18). The lowest BCUT2D eigenvalue weighted by atomic mass is 9.96. The third-order valence-electron chi connectivity index (χ3n) is 1.99. The predicted molar refractivity (Wildman–Crippen MR) is 75.6 cm³/mol. The molecule has 1 N–H and O–H groups in total. The van der Waals surface area contributed by atoms with Crippen LogP contribution in [0.25, 0.3) is 0 Å². The van der Waals surface area contributed by atoms with Gasteiger partial charge in [0.15, 0.2) is 0 Å². The van der Waals surface area contributed by atoms with Gasteiger partial charge in [0.25, 0.3) is 0 Å². The molecule has 0 aliphatic rings. The van der Waals surface area contributed by atoms with E-state index in [2.05, 4.69) is 15.3 Å². The molecule has 0 saturated heterocycles. The van der Waals surface area contributed by atoms with E-state index in [0.717, 1.165) is 0 Å². The monoisotopic (exact) mass is 285 g/mol. The minimum atomic E-state index is -0.567. The molecule has 0 radical (unpaired) electrons. The zero-order valence-electron chi connectivity index (χ0n) is 12.2. The van der Waals surface area contributed by atoms with Crippen LogP contribution in [0, 0.1) is 0 Å². The van der Waals surface area contributed by atoms with Crippen molar-refractivity contribution < 1.29 is 9.53 Å². The van der Waals surface area contributed by atoms with Crippen LogP contribution in [0.2, 0.25) is 5.15 Å². The number of nitrogens with zero attached hydrogens (tertiary/aromatic N) is 2. The van der Waals surface area contributed by atoms with Crippen LogP contribution in [0.1, 0.15) is 47.4 Å². The maximum atomic E-state index is 11.7. The van der Waals surface area contributed by atoms with Crippen molar-refractivity contribution in [2.75, 3.05) is 5.32 Å². The molecule has 0 spiro atoms. The highest BCUT2D eigenvalue weighted by Gasteiger charge is 2.21. The Bertz CT molecular complexity index is 476. The lowest BCUT2D eigenvalue weighted by Gasteiger charge is -2.20. The summed E-state index contributed by atoms with van der Waals surface area (Å²) in [5.74, 6) is 0.894.